The molecule has 0 aliphatic carbocycles. The van der Waals surface area contributed by atoms with Gasteiger partial charge in [-0.15, -0.1) is 0 Å². The standard InChI is InChI=1S/C9H16N2.FH/c1-2-5-9-10-6-4-8-11(9)7-3-1;/h1-8H2;1H. The highest BCUT2D eigenvalue weighted by atomic mass is 19.0. The van der Waals surface area contributed by atoms with Crippen LogP contribution in [0.1, 0.15) is 32.1 Å². The van der Waals surface area contributed by atoms with E-state index in [4.69, 9.17) is 0 Å². The zero-order chi connectivity index (χ0) is 7.52. The number of hydrogen-bond donors (Lipinski definition) is 0. The predicted octanol–water partition coefficient (Wildman–Crippen LogP) is 1.82. The smallest absolute Gasteiger partial charge is 0.0988 e. The minimum absolute atomic E-state index is 0. The Balaban J connectivity index is 0.000000720. The van der Waals surface area contributed by atoms with Crippen molar-refractivity contribution in [2.45, 2.75) is 32.1 Å². The lowest BCUT2D eigenvalue weighted by Gasteiger charge is -2.27. The molecule has 0 amide bonds. The fourth-order valence-corrected chi connectivity index (χ4v) is 1.94. The first-order valence-electron chi connectivity index (χ1n) is 4.75. The summed E-state index contributed by atoms with van der Waals surface area (Å²) in [5, 5.41) is 0. The van der Waals surface area contributed by atoms with E-state index >= 15 is 0 Å². The van der Waals surface area contributed by atoms with Gasteiger partial charge in [0.15, 0.2) is 0 Å². The van der Waals surface area contributed by atoms with Crippen LogP contribution in [0.5, 0.6) is 0 Å². The number of fused-ring (bicyclic) bond motifs is 1. The van der Waals surface area contributed by atoms with Crippen molar-refractivity contribution in [3.63, 3.8) is 0 Å². The maximum Gasteiger partial charge on any atom is 0.0988 e. The molecular weight excluding hydrogens is 155 g/mol. The van der Waals surface area contributed by atoms with Crippen LogP contribution in [0.2, 0.25) is 0 Å². The van der Waals surface area contributed by atoms with Crippen molar-refractivity contribution in [1.29, 1.82) is 0 Å². The summed E-state index contributed by atoms with van der Waals surface area (Å²) in [6.45, 7) is 3.60. The fourth-order valence-electron chi connectivity index (χ4n) is 1.94. The van der Waals surface area contributed by atoms with Gasteiger partial charge in [0.25, 0.3) is 0 Å². The highest BCUT2D eigenvalue weighted by Gasteiger charge is 2.16. The normalized spacial score (nSPS) is 23.3. The molecule has 70 valence electrons. The first-order chi connectivity index (χ1) is 5.47. The summed E-state index contributed by atoms with van der Waals surface area (Å²) >= 11 is 0. The zero-order valence-corrected chi connectivity index (χ0v) is 7.46. The highest BCUT2D eigenvalue weighted by Crippen LogP contribution is 2.15. The summed E-state index contributed by atoms with van der Waals surface area (Å²) in [7, 11) is 0. The molecule has 0 bridgehead atoms. The Bertz CT molecular complexity index is 168. The van der Waals surface area contributed by atoms with Gasteiger partial charge in [-0.3, -0.25) is 9.70 Å². The Labute approximate surface area is 73.0 Å². The average molecular weight is 172 g/mol. The van der Waals surface area contributed by atoms with Crippen molar-refractivity contribution in [3.8, 4) is 0 Å². The zero-order valence-electron chi connectivity index (χ0n) is 7.46. The molecule has 0 unspecified atom stereocenters. The molecule has 0 spiro atoms. The summed E-state index contributed by atoms with van der Waals surface area (Å²) < 4.78 is 0. The molecule has 1 saturated heterocycles. The largest absolute Gasteiger partial charge is 0.360 e. The van der Waals surface area contributed by atoms with Crippen LogP contribution in [0.25, 0.3) is 0 Å². The summed E-state index contributed by atoms with van der Waals surface area (Å²) in [6.07, 6.45) is 6.63. The molecule has 0 N–H and O–H groups in total. The Morgan fingerprint density at radius 1 is 1.00 bits per heavy atom. The number of rotatable bonds is 0. The quantitative estimate of drug-likeness (QED) is 0.544. The average Bonchev–Trinajstić information content (AvgIpc) is 2.28. The van der Waals surface area contributed by atoms with Crippen LogP contribution in [0.15, 0.2) is 4.99 Å². The van der Waals surface area contributed by atoms with Gasteiger partial charge in [0, 0.05) is 26.1 Å². The molecule has 3 heteroatoms. The number of nitrogens with zero attached hydrogens (tertiary/aromatic N) is 2. The molecule has 0 aromatic carbocycles. The van der Waals surface area contributed by atoms with Gasteiger partial charge >= 0.3 is 0 Å². The highest BCUT2D eigenvalue weighted by molar-refractivity contribution is 5.83. The van der Waals surface area contributed by atoms with Gasteiger partial charge in [-0.1, -0.05) is 6.42 Å². The molecular formula is C9H17FN2. The second-order valence-electron chi connectivity index (χ2n) is 3.45. The topological polar surface area (TPSA) is 15.6 Å². The molecule has 0 saturated carbocycles. The molecule has 12 heavy (non-hydrogen) atoms. The van der Waals surface area contributed by atoms with Crippen molar-refractivity contribution < 1.29 is 4.70 Å². The van der Waals surface area contributed by atoms with E-state index in [9.17, 15) is 0 Å². The number of hydrogen-bond acceptors (Lipinski definition) is 2. The molecule has 0 aromatic heterocycles. The lowest BCUT2D eigenvalue weighted by Crippen LogP contribution is -2.34. The van der Waals surface area contributed by atoms with E-state index < -0.39 is 0 Å². The first kappa shape index (κ1) is 9.49. The van der Waals surface area contributed by atoms with E-state index in [0.717, 1.165) is 6.54 Å². The molecule has 2 aliphatic heterocycles. The Morgan fingerprint density at radius 3 is 2.75 bits per heavy atom. The van der Waals surface area contributed by atoms with Gasteiger partial charge in [0.2, 0.25) is 0 Å². The van der Waals surface area contributed by atoms with Crippen LogP contribution in [0.3, 0.4) is 0 Å². The van der Waals surface area contributed by atoms with Crippen molar-refractivity contribution in [3.05, 3.63) is 0 Å². The van der Waals surface area contributed by atoms with Gasteiger partial charge in [-0.2, -0.15) is 0 Å². The lowest BCUT2D eigenvalue weighted by molar-refractivity contribution is 0.391. The third kappa shape index (κ3) is 1.96. The second-order valence-corrected chi connectivity index (χ2v) is 3.45. The van der Waals surface area contributed by atoms with Crippen LogP contribution in [-0.4, -0.2) is 30.4 Å². The number of amidine groups is 1. The monoisotopic (exact) mass is 172 g/mol. The van der Waals surface area contributed by atoms with Crippen molar-refractivity contribution in [2.75, 3.05) is 19.6 Å². The minimum Gasteiger partial charge on any atom is -0.360 e. The lowest BCUT2D eigenvalue weighted by atomic mass is 10.2. The Kier molecular flexibility index (Phi) is 3.50. The summed E-state index contributed by atoms with van der Waals surface area (Å²) in [4.78, 5) is 7.04. The molecule has 2 rings (SSSR count). The fraction of sp³-hybridized carbons (Fsp3) is 0.889. The second kappa shape index (κ2) is 4.43. The van der Waals surface area contributed by atoms with Crippen LogP contribution < -0.4 is 0 Å². The van der Waals surface area contributed by atoms with Gasteiger partial charge in [0.1, 0.15) is 0 Å². The SMILES string of the molecule is C1CCC2=NCCCN2CC1.F. The van der Waals surface area contributed by atoms with Crippen molar-refractivity contribution in [2.24, 2.45) is 4.99 Å². The summed E-state index contributed by atoms with van der Waals surface area (Å²) in [5.74, 6) is 1.40. The summed E-state index contributed by atoms with van der Waals surface area (Å²) in [6, 6.07) is 0. The minimum atomic E-state index is 0. The van der Waals surface area contributed by atoms with E-state index in [1.165, 1.54) is 51.0 Å². The van der Waals surface area contributed by atoms with Gasteiger partial charge < -0.3 is 4.90 Å². The van der Waals surface area contributed by atoms with Gasteiger partial charge in [0.05, 0.1) is 5.84 Å². The number of aliphatic imine (C=N–C) groups is 1. The molecule has 0 atom stereocenters. The third-order valence-corrected chi connectivity index (χ3v) is 2.57. The van der Waals surface area contributed by atoms with Crippen LogP contribution >= 0.6 is 0 Å². The predicted molar refractivity (Wildman–Crippen MR) is 49.5 cm³/mol. The van der Waals surface area contributed by atoms with Crippen LogP contribution in [-0.2, 0) is 0 Å². The Morgan fingerprint density at radius 2 is 1.83 bits per heavy atom. The molecule has 1 fully saturated rings. The van der Waals surface area contributed by atoms with E-state index in [1.54, 1.807) is 0 Å². The maximum atomic E-state index is 4.55. The van der Waals surface area contributed by atoms with E-state index in [2.05, 4.69) is 9.89 Å². The number of halogens is 1. The van der Waals surface area contributed by atoms with Crippen molar-refractivity contribution >= 4 is 5.84 Å². The van der Waals surface area contributed by atoms with E-state index in [1.807, 2.05) is 0 Å². The molecule has 0 aromatic rings. The van der Waals surface area contributed by atoms with Gasteiger partial charge in [-0.25, -0.2) is 0 Å². The van der Waals surface area contributed by atoms with E-state index in [0.29, 0.717) is 0 Å². The third-order valence-electron chi connectivity index (χ3n) is 2.57. The molecule has 2 heterocycles. The summed E-state index contributed by atoms with van der Waals surface area (Å²) in [5.41, 5.74) is 0. The molecule has 2 aliphatic rings. The molecule has 0 radical (unpaired) electrons. The van der Waals surface area contributed by atoms with E-state index in [-0.39, 0.29) is 4.70 Å². The maximum absolute atomic E-state index is 4.55. The van der Waals surface area contributed by atoms with Crippen LogP contribution in [0.4, 0.5) is 4.70 Å². The van der Waals surface area contributed by atoms with Gasteiger partial charge in [-0.05, 0) is 19.3 Å². The van der Waals surface area contributed by atoms with Crippen LogP contribution in [0, 0.1) is 0 Å². The van der Waals surface area contributed by atoms with Crippen molar-refractivity contribution in [1.82, 2.24) is 4.90 Å². The Hall–Kier alpha value is -0.600. The first-order valence-corrected chi connectivity index (χ1v) is 4.75. The molecule has 2 nitrogen and oxygen atoms in total.